The van der Waals surface area contributed by atoms with E-state index in [0.717, 1.165) is 56.2 Å². The highest BCUT2D eigenvalue weighted by molar-refractivity contribution is 14.0. The highest BCUT2D eigenvalue weighted by atomic mass is 127. The fourth-order valence-electron chi connectivity index (χ4n) is 3.72. The van der Waals surface area contributed by atoms with Crippen LogP contribution in [0.3, 0.4) is 0 Å². The lowest BCUT2D eigenvalue weighted by Gasteiger charge is -2.37. The monoisotopic (exact) mass is 461 g/mol. The molecule has 1 aromatic rings. The molecule has 1 saturated heterocycles. The van der Waals surface area contributed by atoms with E-state index in [1.165, 1.54) is 12.1 Å². The van der Waals surface area contributed by atoms with Gasteiger partial charge in [-0.2, -0.15) is 5.10 Å². The number of halogens is 1. The minimum atomic E-state index is 0. The SMILES string of the molecule is CCNC(=NCC(C)Cn1nc(C)cc1C)N1CC(C)CC(C)C1.I. The van der Waals surface area contributed by atoms with Crippen LogP contribution in [-0.4, -0.2) is 46.8 Å². The zero-order chi connectivity index (χ0) is 17.7. The summed E-state index contributed by atoms with van der Waals surface area (Å²) in [6, 6.07) is 2.14. The molecule has 3 unspecified atom stereocenters. The molecule has 0 radical (unpaired) electrons. The highest BCUT2D eigenvalue weighted by Crippen LogP contribution is 2.21. The quantitative estimate of drug-likeness (QED) is 0.413. The van der Waals surface area contributed by atoms with Crippen LogP contribution in [0.1, 0.15) is 45.5 Å². The standard InChI is InChI=1S/C19H35N5.HI/c1-7-20-19(23-11-14(2)8-15(3)12-23)21-10-16(4)13-24-18(6)9-17(5)22-24;/h9,14-16H,7-8,10-13H2,1-6H3,(H,20,21);1H. The highest BCUT2D eigenvalue weighted by Gasteiger charge is 2.24. The molecule has 25 heavy (non-hydrogen) atoms. The van der Waals surface area contributed by atoms with Gasteiger partial charge in [-0.1, -0.05) is 20.8 Å². The second-order valence-electron chi connectivity index (χ2n) is 7.76. The molecule has 1 aromatic heterocycles. The number of hydrogen-bond donors (Lipinski definition) is 1. The first-order chi connectivity index (χ1) is 11.4. The Labute approximate surface area is 170 Å². The molecule has 0 saturated carbocycles. The molecule has 2 heterocycles. The Balaban J connectivity index is 0.00000312. The lowest BCUT2D eigenvalue weighted by atomic mass is 9.92. The number of piperidine rings is 1. The van der Waals surface area contributed by atoms with Crippen LogP contribution in [0.2, 0.25) is 0 Å². The summed E-state index contributed by atoms with van der Waals surface area (Å²) in [7, 11) is 0. The summed E-state index contributed by atoms with van der Waals surface area (Å²) in [5.41, 5.74) is 2.32. The number of aromatic nitrogens is 2. The van der Waals surface area contributed by atoms with Gasteiger partial charge in [-0.05, 0) is 51.0 Å². The third-order valence-electron chi connectivity index (χ3n) is 4.64. The molecular formula is C19H36IN5. The van der Waals surface area contributed by atoms with Crippen LogP contribution in [0.25, 0.3) is 0 Å². The number of rotatable bonds is 5. The van der Waals surface area contributed by atoms with E-state index in [2.05, 4.69) is 60.7 Å². The van der Waals surface area contributed by atoms with Crippen molar-refractivity contribution < 1.29 is 0 Å². The van der Waals surface area contributed by atoms with Crippen LogP contribution in [-0.2, 0) is 6.54 Å². The van der Waals surface area contributed by atoms with E-state index >= 15 is 0 Å². The lowest BCUT2D eigenvalue weighted by Crippen LogP contribution is -2.48. The van der Waals surface area contributed by atoms with Gasteiger partial charge in [0.25, 0.3) is 0 Å². The van der Waals surface area contributed by atoms with Crippen molar-refractivity contribution in [2.45, 2.75) is 54.5 Å². The first-order valence-electron chi connectivity index (χ1n) is 9.43. The minimum Gasteiger partial charge on any atom is -0.357 e. The van der Waals surface area contributed by atoms with Crippen LogP contribution >= 0.6 is 24.0 Å². The summed E-state index contributed by atoms with van der Waals surface area (Å²) in [4.78, 5) is 7.37. The summed E-state index contributed by atoms with van der Waals surface area (Å²) in [6.07, 6.45) is 1.32. The molecule has 0 aliphatic carbocycles. The van der Waals surface area contributed by atoms with Crippen molar-refractivity contribution in [2.75, 3.05) is 26.2 Å². The van der Waals surface area contributed by atoms with Crippen molar-refractivity contribution in [2.24, 2.45) is 22.7 Å². The Kier molecular flexibility index (Phi) is 9.24. The van der Waals surface area contributed by atoms with Gasteiger partial charge in [0.2, 0.25) is 0 Å². The van der Waals surface area contributed by atoms with E-state index in [1.807, 2.05) is 6.92 Å². The van der Waals surface area contributed by atoms with Crippen LogP contribution in [0.4, 0.5) is 0 Å². The van der Waals surface area contributed by atoms with E-state index in [-0.39, 0.29) is 24.0 Å². The Bertz CT molecular complexity index is 544. The predicted octanol–water partition coefficient (Wildman–Crippen LogP) is 3.70. The van der Waals surface area contributed by atoms with Gasteiger partial charge < -0.3 is 10.2 Å². The maximum atomic E-state index is 4.93. The fourth-order valence-corrected chi connectivity index (χ4v) is 3.72. The summed E-state index contributed by atoms with van der Waals surface area (Å²) in [5, 5.41) is 8.05. The summed E-state index contributed by atoms with van der Waals surface area (Å²) < 4.78 is 2.10. The van der Waals surface area contributed by atoms with Crippen molar-refractivity contribution in [3.05, 3.63) is 17.5 Å². The van der Waals surface area contributed by atoms with E-state index in [0.29, 0.717) is 5.92 Å². The predicted molar refractivity (Wildman–Crippen MR) is 117 cm³/mol. The molecule has 1 aliphatic rings. The molecule has 1 aliphatic heterocycles. The molecule has 6 heteroatoms. The topological polar surface area (TPSA) is 45.5 Å². The number of aliphatic imine (C=N–C) groups is 1. The van der Waals surface area contributed by atoms with Crippen molar-refractivity contribution in [1.82, 2.24) is 20.0 Å². The molecule has 144 valence electrons. The molecule has 0 amide bonds. The summed E-state index contributed by atoms with van der Waals surface area (Å²) in [5.74, 6) is 3.03. The summed E-state index contributed by atoms with van der Waals surface area (Å²) in [6.45, 7) is 18.2. The number of nitrogens with one attached hydrogen (secondary N) is 1. The van der Waals surface area contributed by atoms with Crippen LogP contribution in [0, 0.1) is 31.6 Å². The Morgan fingerprint density at radius 3 is 2.48 bits per heavy atom. The maximum Gasteiger partial charge on any atom is 0.193 e. The Morgan fingerprint density at radius 2 is 1.96 bits per heavy atom. The second-order valence-corrected chi connectivity index (χ2v) is 7.76. The number of guanidine groups is 1. The fraction of sp³-hybridized carbons (Fsp3) is 0.789. The molecule has 0 aromatic carbocycles. The Morgan fingerprint density at radius 1 is 1.32 bits per heavy atom. The first-order valence-corrected chi connectivity index (χ1v) is 9.43. The summed E-state index contributed by atoms with van der Waals surface area (Å²) >= 11 is 0. The molecule has 5 nitrogen and oxygen atoms in total. The first kappa shape index (κ1) is 22.3. The molecular weight excluding hydrogens is 425 g/mol. The number of hydrogen-bond acceptors (Lipinski definition) is 2. The van der Waals surface area contributed by atoms with Gasteiger partial charge in [0, 0.05) is 38.4 Å². The Hall–Kier alpha value is -0.790. The average molecular weight is 461 g/mol. The van der Waals surface area contributed by atoms with Crippen molar-refractivity contribution in [1.29, 1.82) is 0 Å². The molecule has 0 spiro atoms. The maximum absolute atomic E-state index is 4.93. The normalized spacial score (nSPS) is 22.5. The third-order valence-corrected chi connectivity index (χ3v) is 4.64. The van der Waals surface area contributed by atoms with E-state index < -0.39 is 0 Å². The second kappa shape index (κ2) is 10.4. The van der Waals surface area contributed by atoms with Gasteiger partial charge in [0.15, 0.2) is 5.96 Å². The molecule has 0 bridgehead atoms. The van der Waals surface area contributed by atoms with Crippen LogP contribution < -0.4 is 5.32 Å². The van der Waals surface area contributed by atoms with Gasteiger partial charge in [-0.25, -0.2) is 0 Å². The van der Waals surface area contributed by atoms with Gasteiger partial charge in [0.05, 0.1) is 5.69 Å². The molecule has 2 rings (SSSR count). The number of aryl methyl sites for hydroxylation is 2. The number of nitrogens with zero attached hydrogens (tertiary/aromatic N) is 4. The largest absolute Gasteiger partial charge is 0.357 e. The van der Waals surface area contributed by atoms with E-state index in [4.69, 9.17) is 4.99 Å². The van der Waals surface area contributed by atoms with Crippen LogP contribution in [0.5, 0.6) is 0 Å². The van der Waals surface area contributed by atoms with Gasteiger partial charge >= 0.3 is 0 Å². The van der Waals surface area contributed by atoms with E-state index in [1.54, 1.807) is 0 Å². The van der Waals surface area contributed by atoms with Gasteiger partial charge in [0.1, 0.15) is 0 Å². The lowest BCUT2D eigenvalue weighted by molar-refractivity contribution is 0.208. The number of likely N-dealkylation sites (tertiary alicyclic amines) is 1. The van der Waals surface area contributed by atoms with Gasteiger partial charge in [-0.15, -0.1) is 24.0 Å². The van der Waals surface area contributed by atoms with E-state index in [9.17, 15) is 0 Å². The molecule has 3 atom stereocenters. The molecule has 1 N–H and O–H groups in total. The van der Waals surface area contributed by atoms with Crippen molar-refractivity contribution >= 4 is 29.9 Å². The van der Waals surface area contributed by atoms with Crippen molar-refractivity contribution in [3.8, 4) is 0 Å². The third kappa shape index (κ3) is 6.79. The van der Waals surface area contributed by atoms with Crippen LogP contribution in [0.15, 0.2) is 11.1 Å². The minimum absolute atomic E-state index is 0. The average Bonchev–Trinajstić information content (AvgIpc) is 2.80. The van der Waals surface area contributed by atoms with Gasteiger partial charge in [-0.3, -0.25) is 9.67 Å². The van der Waals surface area contributed by atoms with Crippen molar-refractivity contribution in [3.63, 3.8) is 0 Å². The zero-order valence-electron chi connectivity index (χ0n) is 16.7. The zero-order valence-corrected chi connectivity index (χ0v) is 19.1. The smallest absolute Gasteiger partial charge is 0.193 e. The molecule has 1 fully saturated rings.